The molecule has 5 heteroatoms. The number of para-hydroxylation sites is 1. The van der Waals surface area contributed by atoms with E-state index in [2.05, 4.69) is 0 Å². The van der Waals surface area contributed by atoms with Crippen molar-refractivity contribution in [2.24, 2.45) is 5.92 Å². The second-order valence-electron chi connectivity index (χ2n) is 6.71. The molecule has 28 heavy (non-hydrogen) atoms. The highest BCUT2D eigenvalue weighted by Crippen LogP contribution is 2.31. The van der Waals surface area contributed by atoms with Crippen molar-refractivity contribution in [1.82, 2.24) is 0 Å². The van der Waals surface area contributed by atoms with Crippen LogP contribution in [0.15, 0.2) is 78.9 Å². The third-order valence-electron chi connectivity index (χ3n) is 4.71. The minimum atomic E-state index is -0.353. The quantitative estimate of drug-likeness (QED) is 0.558. The third-order valence-corrected chi connectivity index (χ3v) is 4.96. The van der Waals surface area contributed by atoms with Gasteiger partial charge in [0.15, 0.2) is 0 Å². The molecule has 1 heterocycles. The number of ether oxygens (including phenoxy) is 1. The second-order valence-corrected chi connectivity index (χ2v) is 7.14. The molecule has 3 aromatic rings. The lowest BCUT2D eigenvalue weighted by Crippen LogP contribution is -2.30. The summed E-state index contributed by atoms with van der Waals surface area (Å²) in [6.45, 7) is 0. The molecule has 0 aliphatic carbocycles. The van der Waals surface area contributed by atoms with E-state index in [1.165, 1.54) is 4.90 Å². The monoisotopic (exact) mass is 391 g/mol. The maximum absolute atomic E-state index is 12.8. The molecule has 0 unspecified atom stereocenters. The molecule has 4 rings (SSSR count). The molecule has 0 saturated carbocycles. The Balaban J connectivity index is 1.47. The Morgan fingerprint density at radius 1 is 0.857 bits per heavy atom. The van der Waals surface area contributed by atoms with Gasteiger partial charge < -0.3 is 4.74 Å². The van der Waals surface area contributed by atoms with Crippen molar-refractivity contribution in [1.29, 1.82) is 0 Å². The number of carbonyl (C=O) groups excluding carboxylic acids is 2. The van der Waals surface area contributed by atoms with Crippen LogP contribution in [0.3, 0.4) is 0 Å². The summed E-state index contributed by atoms with van der Waals surface area (Å²) in [7, 11) is 0. The SMILES string of the molecule is O=C1C[C@@H](Cc2ccc(Cl)cc2)C(=O)N1c1ccc(Oc2ccccc2)cc1. The Morgan fingerprint density at radius 3 is 2.18 bits per heavy atom. The molecule has 1 atom stereocenters. The maximum Gasteiger partial charge on any atom is 0.237 e. The van der Waals surface area contributed by atoms with Crippen LogP contribution in [-0.4, -0.2) is 11.8 Å². The van der Waals surface area contributed by atoms with Crippen LogP contribution in [0.1, 0.15) is 12.0 Å². The van der Waals surface area contributed by atoms with Gasteiger partial charge in [-0.2, -0.15) is 0 Å². The Bertz CT molecular complexity index is 985. The van der Waals surface area contributed by atoms with E-state index in [4.69, 9.17) is 16.3 Å². The van der Waals surface area contributed by atoms with Gasteiger partial charge in [0.25, 0.3) is 0 Å². The summed E-state index contributed by atoms with van der Waals surface area (Å²) < 4.78 is 5.76. The molecule has 3 aromatic carbocycles. The van der Waals surface area contributed by atoms with E-state index in [-0.39, 0.29) is 24.2 Å². The van der Waals surface area contributed by atoms with Crippen LogP contribution >= 0.6 is 11.6 Å². The van der Waals surface area contributed by atoms with E-state index >= 15 is 0 Å². The molecule has 0 radical (unpaired) electrons. The molecule has 0 N–H and O–H groups in total. The summed E-state index contributed by atoms with van der Waals surface area (Å²) in [5.74, 6) is 0.671. The summed E-state index contributed by atoms with van der Waals surface area (Å²) in [5, 5.41) is 0.650. The fraction of sp³-hybridized carbons (Fsp3) is 0.130. The van der Waals surface area contributed by atoms with Crippen molar-refractivity contribution in [3.05, 3.63) is 89.4 Å². The van der Waals surface area contributed by atoms with Gasteiger partial charge in [-0.25, -0.2) is 0 Å². The third kappa shape index (κ3) is 3.92. The number of anilines is 1. The lowest BCUT2D eigenvalue weighted by Gasteiger charge is -2.16. The average Bonchev–Trinajstić information content (AvgIpc) is 2.98. The molecule has 1 aliphatic rings. The van der Waals surface area contributed by atoms with Crippen molar-refractivity contribution < 1.29 is 14.3 Å². The van der Waals surface area contributed by atoms with Gasteiger partial charge in [0.05, 0.1) is 11.6 Å². The smallest absolute Gasteiger partial charge is 0.237 e. The minimum Gasteiger partial charge on any atom is -0.457 e. The van der Waals surface area contributed by atoms with Crippen LogP contribution in [0.25, 0.3) is 0 Å². The first kappa shape index (κ1) is 18.3. The molecule has 1 aliphatic heterocycles. The van der Waals surface area contributed by atoms with Crippen molar-refractivity contribution in [3.8, 4) is 11.5 Å². The molecule has 0 spiro atoms. The van der Waals surface area contributed by atoms with Crippen LogP contribution in [0.2, 0.25) is 5.02 Å². The van der Waals surface area contributed by atoms with Crippen LogP contribution in [0, 0.1) is 5.92 Å². The number of benzene rings is 3. The first-order valence-electron chi connectivity index (χ1n) is 9.04. The number of amides is 2. The first-order chi connectivity index (χ1) is 13.6. The van der Waals surface area contributed by atoms with Crippen LogP contribution in [0.5, 0.6) is 11.5 Å². The lowest BCUT2D eigenvalue weighted by atomic mass is 9.98. The number of carbonyl (C=O) groups is 2. The molecule has 0 bridgehead atoms. The fourth-order valence-corrected chi connectivity index (χ4v) is 3.44. The molecular formula is C23H18ClNO3. The summed E-state index contributed by atoms with van der Waals surface area (Å²) in [4.78, 5) is 26.6. The molecule has 140 valence electrons. The second kappa shape index (κ2) is 7.87. The van der Waals surface area contributed by atoms with E-state index in [1.807, 2.05) is 42.5 Å². The van der Waals surface area contributed by atoms with Gasteiger partial charge in [0, 0.05) is 11.4 Å². The zero-order valence-electron chi connectivity index (χ0n) is 15.0. The van der Waals surface area contributed by atoms with E-state index < -0.39 is 0 Å². The number of imide groups is 1. The van der Waals surface area contributed by atoms with E-state index in [1.54, 1.807) is 36.4 Å². The Labute approximate surface area is 168 Å². The molecule has 2 amide bonds. The summed E-state index contributed by atoms with van der Waals surface area (Å²) in [5.41, 5.74) is 1.55. The van der Waals surface area contributed by atoms with Crippen molar-refractivity contribution in [2.45, 2.75) is 12.8 Å². The Kier molecular flexibility index (Phi) is 5.13. The van der Waals surface area contributed by atoms with E-state index in [0.717, 1.165) is 11.3 Å². The number of rotatable bonds is 5. The minimum absolute atomic E-state index is 0.170. The van der Waals surface area contributed by atoms with Crippen molar-refractivity contribution in [2.75, 3.05) is 4.90 Å². The summed E-state index contributed by atoms with van der Waals surface area (Å²) in [6, 6.07) is 23.8. The molecule has 4 nitrogen and oxygen atoms in total. The van der Waals surface area contributed by atoms with Gasteiger partial charge in [-0.1, -0.05) is 41.9 Å². The van der Waals surface area contributed by atoms with Crippen LogP contribution in [-0.2, 0) is 16.0 Å². The first-order valence-corrected chi connectivity index (χ1v) is 9.42. The van der Waals surface area contributed by atoms with Crippen LogP contribution in [0.4, 0.5) is 5.69 Å². The highest BCUT2D eigenvalue weighted by atomic mass is 35.5. The number of hydrogen-bond donors (Lipinski definition) is 0. The van der Waals surface area contributed by atoms with Gasteiger partial charge in [-0.3, -0.25) is 14.5 Å². The lowest BCUT2D eigenvalue weighted by molar-refractivity contribution is -0.122. The van der Waals surface area contributed by atoms with Crippen molar-refractivity contribution in [3.63, 3.8) is 0 Å². The van der Waals surface area contributed by atoms with Crippen LogP contribution < -0.4 is 9.64 Å². The summed E-state index contributed by atoms with van der Waals surface area (Å²) in [6.07, 6.45) is 0.733. The zero-order chi connectivity index (χ0) is 19.5. The maximum atomic E-state index is 12.8. The molecule has 1 fully saturated rings. The molecule has 0 aromatic heterocycles. The molecule has 1 saturated heterocycles. The topological polar surface area (TPSA) is 46.6 Å². The predicted octanol–water partition coefficient (Wildman–Crippen LogP) is 5.25. The van der Waals surface area contributed by atoms with Gasteiger partial charge >= 0.3 is 0 Å². The van der Waals surface area contributed by atoms with E-state index in [0.29, 0.717) is 22.9 Å². The largest absolute Gasteiger partial charge is 0.457 e. The van der Waals surface area contributed by atoms with E-state index in [9.17, 15) is 9.59 Å². The Hall–Kier alpha value is -3.11. The normalized spacial score (nSPS) is 16.5. The fourth-order valence-electron chi connectivity index (χ4n) is 3.32. The number of hydrogen-bond acceptors (Lipinski definition) is 3. The van der Waals surface area contributed by atoms with Gasteiger partial charge in [-0.15, -0.1) is 0 Å². The van der Waals surface area contributed by atoms with Gasteiger partial charge in [0.2, 0.25) is 11.8 Å². The standard InChI is InChI=1S/C23H18ClNO3/c24-18-8-6-16(7-9-18)14-17-15-22(26)25(23(17)27)19-10-12-21(13-11-19)28-20-4-2-1-3-5-20/h1-13,17H,14-15H2/t17-/m1/s1. The average molecular weight is 392 g/mol. The van der Waals surface area contributed by atoms with Crippen molar-refractivity contribution >= 4 is 29.1 Å². The predicted molar refractivity (Wildman–Crippen MR) is 109 cm³/mol. The number of halogens is 1. The zero-order valence-corrected chi connectivity index (χ0v) is 15.8. The molecular weight excluding hydrogens is 374 g/mol. The highest BCUT2D eigenvalue weighted by Gasteiger charge is 2.39. The van der Waals surface area contributed by atoms with Gasteiger partial charge in [0.1, 0.15) is 11.5 Å². The van der Waals surface area contributed by atoms with Gasteiger partial charge in [-0.05, 0) is 60.5 Å². The highest BCUT2D eigenvalue weighted by molar-refractivity contribution is 6.30. The summed E-state index contributed by atoms with van der Waals surface area (Å²) >= 11 is 5.91. The Morgan fingerprint density at radius 2 is 1.50 bits per heavy atom. The number of nitrogens with zero attached hydrogens (tertiary/aromatic N) is 1.